The van der Waals surface area contributed by atoms with Crippen molar-refractivity contribution in [3.63, 3.8) is 0 Å². The molecular weight excluding hydrogens is 536 g/mol. The summed E-state index contributed by atoms with van der Waals surface area (Å²) in [5, 5.41) is 29.6. The second kappa shape index (κ2) is 12.0. The molecule has 0 saturated carbocycles. The van der Waals surface area contributed by atoms with Crippen LogP contribution in [0.3, 0.4) is 0 Å². The van der Waals surface area contributed by atoms with Gasteiger partial charge in [0.25, 0.3) is 5.95 Å². The molecular formula is C30H41N8O4+. The summed E-state index contributed by atoms with van der Waals surface area (Å²) in [6, 6.07) is 12.4. The van der Waals surface area contributed by atoms with Crippen LogP contribution in [0.15, 0.2) is 47.2 Å². The number of likely N-dealkylation sites (tertiary alicyclic amines) is 1. The molecule has 2 saturated heterocycles. The zero-order chi connectivity index (χ0) is 29.3. The van der Waals surface area contributed by atoms with Gasteiger partial charge in [-0.05, 0) is 19.3 Å². The summed E-state index contributed by atoms with van der Waals surface area (Å²) in [7, 11) is 0. The van der Waals surface area contributed by atoms with Crippen LogP contribution in [0, 0.1) is 0 Å². The van der Waals surface area contributed by atoms with Gasteiger partial charge in [0.15, 0.2) is 29.0 Å². The summed E-state index contributed by atoms with van der Waals surface area (Å²) in [5.74, 6) is 1.47. The van der Waals surface area contributed by atoms with Gasteiger partial charge in [-0.3, -0.25) is 4.57 Å². The van der Waals surface area contributed by atoms with Crippen molar-refractivity contribution in [1.29, 1.82) is 0 Å². The number of anilines is 2. The zero-order valence-corrected chi connectivity index (χ0v) is 24.5. The van der Waals surface area contributed by atoms with E-state index in [0.717, 1.165) is 51.0 Å². The molecule has 2 fully saturated rings. The minimum absolute atomic E-state index is 0.207. The molecule has 2 aliphatic rings. The van der Waals surface area contributed by atoms with Crippen molar-refractivity contribution in [3.8, 4) is 0 Å². The number of imidazole rings is 1. The zero-order valence-electron chi connectivity index (χ0n) is 24.5. The van der Waals surface area contributed by atoms with Crippen LogP contribution in [0.5, 0.6) is 0 Å². The summed E-state index contributed by atoms with van der Waals surface area (Å²) < 4.78 is 14.0. The predicted molar refractivity (Wildman–Crippen MR) is 157 cm³/mol. The fourth-order valence-corrected chi connectivity index (χ4v) is 6.09. The number of fused-ring (bicyclic) bond motifs is 1. The van der Waals surface area contributed by atoms with Crippen molar-refractivity contribution in [2.45, 2.75) is 90.0 Å². The summed E-state index contributed by atoms with van der Waals surface area (Å²) in [4.78, 5) is 14.5. The van der Waals surface area contributed by atoms with Crippen LogP contribution >= 0.6 is 0 Å². The Balaban J connectivity index is 1.37. The second-order valence-corrected chi connectivity index (χ2v) is 11.4. The molecule has 5 heterocycles. The third-order valence-electron chi connectivity index (χ3n) is 8.57. The fourth-order valence-electron chi connectivity index (χ4n) is 6.09. The molecule has 4 N–H and O–H groups in total. The Morgan fingerprint density at radius 2 is 1.81 bits per heavy atom. The molecule has 0 spiro atoms. The molecule has 3 aromatic heterocycles. The summed E-state index contributed by atoms with van der Waals surface area (Å²) >= 11 is 0. The Morgan fingerprint density at radius 1 is 1.05 bits per heavy atom. The first-order chi connectivity index (χ1) is 20.4. The monoisotopic (exact) mass is 577 g/mol. The molecule has 12 heteroatoms. The molecule has 0 radical (unpaired) electrons. The molecule has 0 unspecified atom stereocenters. The number of aryl methyl sites for hydroxylation is 1. The third-order valence-corrected chi connectivity index (χ3v) is 8.57. The van der Waals surface area contributed by atoms with Crippen LogP contribution in [-0.4, -0.2) is 70.8 Å². The van der Waals surface area contributed by atoms with E-state index in [1.807, 2.05) is 13.0 Å². The highest BCUT2D eigenvalue weighted by atomic mass is 16.6. The molecule has 6 rings (SSSR count). The lowest BCUT2D eigenvalue weighted by atomic mass is 10.1. The summed E-state index contributed by atoms with van der Waals surface area (Å²) in [6.45, 7) is 8.97. The average Bonchev–Trinajstić information content (AvgIpc) is 3.80. The van der Waals surface area contributed by atoms with Gasteiger partial charge in [-0.15, -0.1) is 0 Å². The number of hydrogen-bond donors (Lipinski definition) is 4. The van der Waals surface area contributed by atoms with Crippen LogP contribution < -0.4 is 10.7 Å². The van der Waals surface area contributed by atoms with Crippen molar-refractivity contribution < 1.29 is 24.1 Å². The fraction of sp³-hybridized carbons (Fsp3) is 0.533. The van der Waals surface area contributed by atoms with Gasteiger partial charge in [0, 0.05) is 30.5 Å². The van der Waals surface area contributed by atoms with E-state index in [1.54, 1.807) is 17.0 Å². The number of aromatic nitrogens is 5. The summed E-state index contributed by atoms with van der Waals surface area (Å²) in [5.41, 5.74) is 6.75. The van der Waals surface area contributed by atoms with Crippen molar-refractivity contribution in [2.75, 3.05) is 23.8 Å². The first kappa shape index (κ1) is 28.5. The summed E-state index contributed by atoms with van der Waals surface area (Å²) in [6.07, 6.45) is 2.09. The van der Waals surface area contributed by atoms with E-state index < -0.39 is 24.5 Å². The largest absolute Gasteiger partial charge is 0.387 e. The molecule has 4 atom stereocenters. The molecule has 224 valence electrons. The number of aliphatic hydroxyl groups excluding tert-OH is 2. The Hall–Kier alpha value is -3.58. The molecule has 4 aromatic rings. The lowest BCUT2D eigenvalue weighted by molar-refractivity contribution is -0.909. The number of nitrogens with zero attached hydrogens (tertiary/aromatic N) is 6. The Kier molecular flexibility index (Phi) is 8.13. The Labute approximate surface area is 245 Å². The van der Waals surface area contributed by atoms with Crippen LogP contribution in [0.1, 0.15) is 75.8 Å². The van der Waals surface area contributed by atoms with E-state index in [4.69, 9.17) is 19.2 Å². The topological polar surface area (TPSA) is 143 Å². The minimum atomic E-state index is -1.24. The maximum absolute atomic E-state index is 11.1. The van der Waals surface area contributed by atoms with Crippen LogP contribution in [0.25, 0.3) is 11.2 Å². The van der Waals surface area contributed by atoms with Crippen molar-refractivity contribution >= 4 is 22.9 Å². The van der Waals surface area contributed by atoms with Crippen LogP contribution in [-0.2, 0) is 17.7 Å². The normalized spacial score (nSPS) is 23.7. The van der Waals surface area contributed by atoms with E-state index in [1.165, 1.54) is 5.56 Å². The number of ether oxygens (including phenoxy) is 1. The van der Waals surface area contributed by atoms with E-state index >= 15 is 0 Å². The average molecular weight is 578 g/mol. The van der Waals surface area contributed by atoms with Gasteiger partial charge in [-0.25, -0.2) is 9.58 Å². The standard InChI is InChI=1S/C30H41N8O4/c1-4-20(5-2)32-27-23-28(34-30(33-27)35-38(14-10-11-15-38)17-19-12-8-7-9-13-19)37(18-31-23)29-25(40)24(39)26(41-29)22-16-21(6-3)36-42-22/h7-9,12-13,16,18,20,24-26,29,39-40H,4-6,10-11,14-15,17H2,1-3H3,(H2,32,33,34,35)/q+1/t24-,25-,26+,29+/m0/s1. The third kappa shape index (κ3) is 5.47. The number of nitrogens with one attached hydrogen (secondary N) is 2. The smallest absolute Gasteiger partial charge is 0.273 e. The molecule has 1 aromatic carbocycles. The lowest BCUT2D eigenvalue weighted by Gasteiger charge is -2.33. The first-order valence-electron chi connectivity index (χ1n) is 15.1. The predicted octanol–water partition coefficient (Wildman–Crippen LogP) is 4.11. The van der Waals surface area contributed by atoms with Crippen LogP contribution in [0.4, 0.5) is 11.8 Å². The highest BCUT2D eigenvalue weighted by Gasteiger charge is 2.47. The number of hydrogen-bond acceptors (Lipinski definition) is 10. The SMILES string of the molecule is CCc1cc([C@H]2O[C@@H](n3cnc4c(NC(CC)CC)nc(N[N+]5(Cc6ccccc6)CCCC5)nc43)[C@@H](O)[C@@H]2O)on1. The first-order valence-corrected chi connectivity index (χ1v) is 15.1. The van der Waals surface area contributed by atoms with Crippen molar-refractivity contribution in [3.05, 3.63) is 59.7 Å². The maximum atomic E-state index is 11.1. The highest BCUT2D eigenvalue weighted by molar-refractivity contribution is 5.84. The van der Waals surface area contributed by atoms with Gasteiger partial charge in [0.2, 0.25) is 0 Å². The van der Waals surface area contributed by atoms with Gasteiger partial charge in [-0.2, -0.15) is 15.4 Å². The maximum Gasteiger partial charge on any atom is 0.273 e. The quantitative estimate of drug-likeness (QED) is 0.192. The number of aliphatic hydroxyl groups is 2. The molecule has 12 nitrogen and oxygen atoms in total. The number of rotatable bonds is 11. The van der Waals surface area contributed by atoms with Gasteiger partial charge < -0.3 is 24.8 Å². The van der Waals surface area contributed by atoms with Gasteiger partial charge in [0.05, 0.1) is 12.0 Å². The van der Waals surface area contributed by atoms with Gasteiger partial charge >= 0.3 is 0 Å². The molecule has 0 amide bonds. The number of quaternary nitrogens is 1. The van der Waals surface area contributed by atoms with E-state index in [0.29, 0.717) is 39.7 Å². The van der Waals surface area contributed by atoms with Gasteiger partial charge in [0.1, 0.15) is 37.9 Å². The van der Waals surface area contributed by atoms with Crippen molar-refractivity contribution in [1.82, 2.24) is 24.7 Å². The van der Waals surface area contributed by atoms with Gasteiger partial charge in [-0.1, -0.05) is 56.3 Å². The molecule has 0 aliphatic carbocycles. The van der Waals surface area contributed by atoms with E-state index in [2.05, 4.69) is 59.0 Å². The Morgan fingerprint density at radius 3 is 2.50 bits per heavy atom. The number of benzene rings is 1. The van der Waals surface area contributed by atoms with Crippen LogP contribution in [0.2, 0.25) is 0 Å². The second-order valence-electron chi connectivity index (χ2n) is 11.4. The van der Waals surface area contributed by atoms with E-state index in [9.17, 15) is 10.2 Å². The minimum Gasteiger partial charge on any atom is -0.387 e. The molecule has 42 heavy (non-hydrogen) atoms. The van der Waals surface area contributed by atoms with E-state index in [-0.39, 0.29) is 6.04 Å². The van der Waals surface area contributed by atoms with Crippen molar-refractivity contribution in [2.24, 2.45) is 0 Å². The Bertz CT molecular complexity index is 1480. The highest BCUT2D eigenvalue weighted by Crippen LogP contribution is 2.40. The lowest BCUT2D eigenvalue weighted by Crippen LogP contribution is -2.49. The molecule has 0 bridgehead atoms. The molecule has 2 aliphatic heterocycles.